The Hall–Kier alpha value is -4.14. The van der Waals surface area contributed by atoms with Crippen LogP contribution in [-0.2, 0) is 22.4 Å². The number of rotatable bonds is 8. The molecule has 0 fully saturated rings. The Bertz CT molecular complexity index is 1460. The van der Waals surface area contributed by atoms with Crippen LogP contribution in [0.15, 0.2) is 66.7 Å². The molecular weight excluding hydrogens is 543 g/mol. The number of carbonyl (C=O) groups is 4. The van der Waals surface area contributed by atoms with E-state index in [1.807, 2.05) is 0 Å². The number of fused-ring (bicyclic) bond motifs is 1. The molecule has 0 spiro atoms. The topological polar surface area (TPSA) is 133 Å². The molecule has 3 aromatic carbocycles. The Balaban J connectivity index is 1.47. The molecular formula is C29H24Cl2N2O6. The number of carboxylic acid groups (broad SMARTS) is 2. The molecule has 10 heteroatoms. The minimum atomic E-state index is -1.21. The highest BCUT2D eigenvalue weighted by Gasteiger charge is 2.25. The van der Waals surface area contributed by atoms with Gasteiger partial charge in [0, 0.05) is 23.7 Å². The zero-order valence-electron chi connectivity index (χ0n) is 20.5. The van der Waals surface area contributed by atoms with Crippen molar-refractivity contribution < 1.29 is 29.4 Å². The molecule has 1 aliphatic rings. The highest BCUT2D eigenvalue weighted by Crippen LogP contribution is 2.33. The quantitative estimate of drug-likeness (QED) is 0.267. The molecule has 200 valence electrons. The number of halogens is 2. The first-order valence-corrected chi connectivity index (χ1v) is 12.8. The van der Waals surface area contributed by atoms with E-state index in [2.05, 4.69) is 10.6 Å². The maximum atomic E-state index is 13.1. The van der Waals surface area contributed by atoms with E-state index in [-0.39, 0.29) is 22.0 Å². The van der Waals surface area contributed by atoms with E-state index in [0.717, 1.165) is 6.08 Å². The average Bonchev–Trinajstić information content (AvgIpc) is 2.88. The van der Waals surface area contributed by atoms with Gasteiger partial charge < -0.3 is 20.8 Å². The molecule has 0 saturated heterocycles. The minimum Gasteiger partial charge on any atom is -0.480 e. The number of allylic oxidation sites excluding steroid dienone is 1. The van der Waals surface area contributed by atoms with Crippen LogP contribution >= 0.6 is 23.2 Å². The third kappa shape index (κ3) is 6.66. The number of hydrogen-bond acceptors (Lipinski definition) is 4. The summed E-state index contributed by atoms with van der Waals surface area (Å²) in [7, 11) is 0. The third-order valence-electron chi connectivity index (χ3n) is 6.38. The number of hydrogen-bond donors (Lipinski definition) is 4. The molecule has 1 atom stereocenters. The number of amides is 2. The molecule has 0 aromatic heterocycles. The first-order valence-electron chi connectivity index (χ1n) is 12.1. The summed E-state index contributed by atoms with van der Waals surface area (Å²) in [6, 6.07) is 15.1. The first-order chi connectivity index (χ1) is 18.6. The van der Waals surface area contributed by atoms with Crippen LogP contribution in [0.1, 0.15) is 50.2 Å². The Morgan fingerprint density at radius 1 is 0.872 bits per heavy atom. The molecule has 4 N–H and O–H groups in total. The van der Waals surface area contributed by atoms with Crippen LogP contribution in [-0.4, -0.2) is 40.0 Å². The molecule has 0 unspecified atom stereocenters. The number of nitrogens with one attached hydrogen (secondary N) is 2. The lowest BCUT2D eigenvalue weighted by Crippen LogP contribution is -2.42. The predicted octanol–water partition coefficient (Wildman–Crippen LogP) is 5.48. The van der Waals surface area contributed by atoms with Crippen LogP contribution in [0.4, 0.5) is 5.69 Å². The van der Waals surface area contributed by atoms with Gasteiger partial charge in [-0.15, -0.1) is 0 Å². The Kier molecular flexibility index (Phi) is 8.69. The molecule has 4 rings (SSSR count). The van der Waals surface area contributed by atoms with Crippen molar-refractivity contribution in [1.29, 1.82) is 0 Å². The Labute approximate surface area is 234 Å². The Morgan fingerprint density at radius 3 is 2.18 bits per heavy atom. The van der Waals surface area contributed by atoms with Crippen molar-refractivity contribution in [3.8, 4) is 0 Å². The molecule has 0 bridgehead atoms. The summed E-state index contributed by atoms with van der Waals surface area (Å²) in [4.78, 5) is 48.9. The summed E-state index contributed by atoms with van der Waals surface area (Å²) in [5.74, 6) is -3.29. The van der Waals surface area contributed by atoms with Gasteiger partial charge in [-0.2, -0.15) is 0 Å². The van der Waals surface area contributed by atoms with Gasteiger partial charge in [-0.25, -0.2) is 9.59 Å². The number of anilines is 1. The van der Waals surface area contributed by atoms with Gasteiger partial charge in [-0.05, 0) is 71.9 Å². The molecule has 3 aromatic rings. The fraction of sp³-hybridized carbons (Fsp3) is 0.172. The van der Waals surface area contributed by atoms with Crippen LogP contribution < -0.4 is 10.6 Å². The van der Waals surface area contributed by atoms with Crippen molar-refractivity contribution in [3.05, 3.63) is 105 Å². The summed E-state index contributed by atoms with van der Waals surface area (Å²) in [5, 5.41) is 24.7. The lowest BCUT2D eigenvalue weighted by molar-refractivity contribution is -0.139. The van der Waals surface area contributed by atoms with Gasteiger partial charge in [0.2, 0.25) is 0 Å². The normalized spacial score (nSPS) is 14.3. The lowest BCUT2D eigenvalue weighted by atomic mass is 9.84. The molecule has 8 nitrogen and oxygen atoms in total. The van der Waals surface area contributed by atoms with Gasteiger partial charge in [0.25, 0.3) is 11.8 Å². The molecule has 2 amide bonds. The summed E-state index contributed by atoms with van der Waals surface area (Å²) in [6.07, 6.45) is 3.01. The second kappa shape index (κ2) is 12.1. The van der Waals surface area contributed by atoms with E-state index >= 15 is 0 Å². The zero-order valence-corrected chi connectivity index (χ0v) is 22.1. The van der Waals surface area contributed by atoms with E-state index in [4.69, 9.17) is 23.2 Å². The van der Waals surface area contributed by atoms with Crippen LogP contribution in [0.5, 0.6) is 0 Å². The zero-order chi connectivity index (χ0) is 28.1. The summed E-state index contributed by atoms with van der Waals surface area (Å²) in [5.41, 5.74) is 3.58. The summed E-state index contributed by atoms with van der Waals surface area (Å²) < 4.78 is 0. The maximum absolute atomic E-state index is 13.1. The second-order valence-electron chi connectivity index (χ2n) is 9.01. The summed E-state index contributed by atoms with van der Waals surface area (Å²) >= 11 is 12.2. The average molecular weight is 567 g/mol. The molecule has 0 aliphatic heterocycles. The summed E-state index contributed by atoms with van der Waals surface area (Å²) in [6.45, 7) is 0. The number of benzene rings is 3. The predicted molar refractivity (Wildman–Crippen MR) is 148 cm³/mol. The largest absolute Gasteiger partial charge is 0.480 e. The minimum absolute atomic E-state index is 0.00479. The second-order valence-corrected chi connectivity index (χ2v) is 9.82. The number of aliphatic carboxylic acids is 2. The van der Waals surface area contributed by atoms with Crippen LogP contribution in [0.25, 0.3) is 5.57 Å². The number of carbonyl (C=O) groups excluding carboxylic acids is 2. The highest BCUT2D eigenvalue weighted by atomic mass is 35.5. The highest BCUT2D eigenvalue weighted by molar-refractivity contribution is 6.40. The molecule has 1 aliphatic carbocycles. The Morgan fingerprint density at radius 2 is 1.54 bits per heavy atom. The monoisotopic (exact) mass is 566 g/mol. The molecule has 0 saturated carbocycles. The number of carboxylic acids is 2. The molecule has 0 heterocycles. The smallest absolute Gasteiger partial charge is 0.328 e. The van der Waals surface area contributed by atoms with Gasteiger partial charge in [-0.1, -0.05) is 53.5 Å². The van der Waals surface area contributed by atoms with Gasteiger partial charge in [0.05, 0.1) is 15.6 Å². The first kappa shape index (κ1) is 27.9. The van der Waals surface area contributed by atoms with Crippen molar-refractivity contribution in [2.24, 2.45) is 0 Å². The van der Waals surface area contributed by atoms with E-state index in [0.29, 0.717) is 52.8 Å². The molecule has 39 heavy (non-hydrogen) atoms. The van der Waals surface area contributed by atoms with Gasteiger partial charge >= 0.3 is 11.9 Å². The van der Waals surface area contributed by atoms with Crippen molar-refractivity contribution in [2.45, 2.75) is 31.7 Å². The molecule has 0 radical (unpaired) electrons. The van der Waals surface area contributed by atoms with Crippen molar-refractivity contribution in [2.75, 3.05) is 5.32 Å². The lowest BCUT2D eigenvalue weighted by Gasteiger charge is -2.22. The van der Waals surface area contributed by atoms with Crippen LogP contribution in [0, 0.1) is 0 Å². The van der Waals surface area contributed by atoms with Crippen molar-refractivity contribution in [1.82, 2.24) is 5.32 Å². The standard InChI is InChI=1S/C29H24Cl2N2O6/c30-22-8-3-9-23(31)26(22)28(37)32-18-12-10-16(11-13-18)14-24(29(38)39)33-27(36)21-7-2-5-19-17(15-25(34)35)4-1-6-20(19)21/h2-3,5,7-13,15,24H,1,4,6,14H2,(H,32,37)(H,33,36)(H,34,35)(H,38,39)/b17-15-/t24-/m0/s1. The van der Waals surface area contributed by atoms with E-state index in [9.17, 15) is 29.4 Å². The van der Waals surface area contributed by atoms with Crippen LogP contribution in [0.3, 0.4) is 0 Å². The van der Waals surface area contributed by atoms with Crippen LogP contribution in [0.2, 0.25) is 10.0 Å². The fourth-order valence-corrected chi connectivity index (χ4v) is 5.13. The van der Waals surface area contributed by atoms with E-state index in [1.54, 1.807) is 60.7 Å². The maximum Gasteiger partial charge on any atom is 0.328 e. The third-order valence-corrected chi connectivity index (χ3v) is 7.01. The van der Waals surface area contributed by atoms with Crippen molar-refractivity contribution >= 4 is 58.2 Å². The van der Waals surface area contributed by atoms with Gasteiger partial charge in [-0.3, -0.25) is 9.59 Å². The van der Waals surface area contributed by atoms with Gasteiger partial charge in [0.15, 0.2) is 0 Å². The van der Waals surface area contributed by atoms with E-state index < -0.39 is 29.8 Å². The fourth-order valence-electron chi connectivity index (χ4n) is 4.56. The SMILES string of the molecule is O=C(O)/C=C1/CCCc2c(C(=O)N[C@@H](Cc3ccc(NC(=O)c4c(Cl)cccc4Cl)cc3)C(=O)O)cccc21. The van der Waals surface area contributed by atoms with E-state index in [1.165, 1.54) is 0 Å². The van der Waals surface area contributed by atoms with Crippen molar-refractivity contribution in [3.63, 3.8) is 0 Å². The van der Waals surface area contributed by atoms with Gasteiger partial charge in [0.1, 0.15) is 6.04 Å².